The highest BCUT2D eigenvalue weighted by Gasteiger charge is 2.26. The number of ether oxygens (including phenoxy) is 1. The third-order valence-corrected chi connectivity index (χ3v) is 7.51. The standard InChI is InChI=1S/C24H32N2O4S/c1-24(2,3)19-12-13-22(30-4)21(17-19)25-23(27)18-10-9-11-20(16-18)31(28,29)26-14-7-5-6-8-15-26/h9-13,16-17H,5-8,14-15H2,1-4H3,(H,25,27). The van der Waals surface area contributed by atoms with Crippen molar-refractivity contribution in [3.05, 3.63) is 53.6 Å². The van der Waals surface area contributed by atoms with Crippen LogP contribution < -0.4 is 10.1 Å². The van der Waals surface area contributed by atoms with Gasteiger partial charge in [-0.1, -0.05) is 45.7 Å². The fourth-order valence-electron chi connectivity index (χ4n) is 3.70. The molecule has 1 heterocycles. The van der Waals surface area contributed by atoms with Crippen LogP contribution in [0.4, 0.5) is 5.69 Å². The normalized spacial score (nSPS) is 15.9. The van der Waals surface area contributed by atoms with Gasteiger partial charge in [0.2, 0.25) is 10.0 Å². The summed E-state index contributed by atoms with van der Waals surface area (Å²) in [5, 5.41) is 2.89. The minimum atomic E-state index is -3.62. The summed E-state index contributed by atoms with van der Waals surface area (Å²) in [6.07, 6.45) is 3.82. The average Bonchev–Trinajstić information content (AvgIpc) is 3.03. The van der Waals surface area contributed by atoms with Gasteiger partial charge in [-0.15, -0.1) is 0 Å². The van der Waals surface area contributed by atoms with E-state index in [-0.39, 0.29) is 16.2 Å². The van der Waals surface area contributed by atoms with Crippen molar-refractivity contribution in [1.82, 2.24) is 4.31 Å². The first-order chi connectivity index (χ1) is 14.6. The van der Waals surface area contributed by atoms with E-state index in [4.69, 9.17) is 4.74 Å². The van der Waals surface area contributed by atoms with Crippen LogP contribution >= 0.6 is 0 Å². The number of anilines is 1. The molecule has 0 radical (unpaired) electrons. The Bertz CT molecular complexity index is 1030. The monoisotopic (exact) mass is 444 g/mol. The van der Waals surface area contributed by atoms with Crippen LogP contribution in [0.1, 0.15) is 62.4 Å². The Labute approximate surface area is 185 Å². The average molecular weight is 445 g/mol. The predicted molar refractivity (Wildman–Crippen MR) is 123 cm³/mol. The molecule has 0 bridgehead atoms. The highest BCUT2D eigenvalue weighted by Crippen LogP contribution is 2.32. The molecule has 1 saturated heterocycles. The molecule has 2 aromatic carbocycles. The van der Waals surface area contributed by atoms with Gasteiger partial charge in [-0.3, -0.25) is 4.79 Å². The summed E-state index contributed by atoms with van der Waals surface area (Å²) in [5.74, 6) is 0.173. The zero-order valence-corrected chi connectivity index (χ0v) is 19.6. The number of hydrogen-bond donors (Lipinski definition) is 1. The molecule has 1 N–H and O–H groups in total. The fraction of sp³-hybridized carbons (Fsp3) is 0.458. The second-order valence-electron chi connectivity index (χ2n) is 8.97. The first-order valence-corrected chi connectivity index (χ1v) is 12.2. The van der Waals surface area contributed by atoms with Crippen molar-refractivity contribution in [2.24, 2.45) is 0 Å². The van der Waals surface area contributed by atoms with Gasteiger partial charge in [-0.2, -0.15) is 4.31 Å². The molecule has 6 nitrogen and oxygen atoms in total. The highest BCUT2D eigenvalue weighted by molar-refractivity contribution is 7.89. The molecule has 0 aliphatic carbocycles. The molecule has 0 aromatic heterocycles. The number of nitrogens with one attached hydrogen (secondary N) is 1. The van der Waals surface area contributed by atoms with E-state index in [9.17, 15) is 13.2 Å². The van der Waals surface area contributed by atoms with Gasteiger partial charge in [-0.25, -0.2) is 8.42 Å². The molecular formula is C24H32N2O4S. The van der Waals surface area contributed by atoms with Gasteiger partial charge in [0.15, 0.2) is 0 Å². The summed E-state index contributed by atoms with van der Waals surface area (Å²) in [4.78, 5) is 13.1. The van der Waals surface area contributed by atoms with E-state index in [1.165, 1.54) is 10.4 Å². The molecule has 3 rings (SSSR count). The third kappa shape index (κ3) is 5.46. The van der Waals surface area contributed by atoms with E-state index in [2.05, 4.69) is 26.1 Å². The molecule has 1 amide bonds. The van der Waals surface area contributed by atoms with Gasteiger partial charge in [-0.05, 0) is 54.2 Å². The highest BCUT2D eigenvalue weighted by atomic mass is 32.2. The topological polar surface area (TPSA) is 75.7 Å². The zero-order valence-electron chi connectivity index (χ0n) is 18.8. The van der Waals surface area contributed by atoms with E-state index >= 15 is 0 Å². The molecule has 0 atom stereocenters. The van der Waals surface area contributed by atoms with Crippen molar-refractivity contribution in [3.63, 3.8) is 0 Å². The van der Waals surface area contributed by atoms with Crippen molar-refractivity contribution < 1.29 is 17.9 Å². The Balaban J connectivity index is 1.87. The van der Waals surface area contributed by atoms with Crippen LogP contribution in [0.3, 0.4) is 0 Å². The Kier molecular flexibility index (Phi) is 7.06. The first kappa shape index (κ1) is 23.3. The van der Waals surface area contributed by atoms with Crippen LogP contribution in [-0.4, -0.2) is 38.8 Å². The predicted octanol–water partition coefficient (Wildman–Crippen LogP) is 4.81. The minimum Gasteiger partial charge on any atom is -0.495 e. The Hall–Kier alpha value is -2.38. The molecule has 1 aliphatic rings. The van der Waals surface area contributed by atoms with Crippen molar-refractivity contribution >= 4 is 21.6 Å². The molecule has 2 aromatic rings. The summed E-state index contributed by atoms with van der Waals surface area (Å²) in [7, 11) is -2.07. The van der Waals surface area contributed by atoms with E-state index in [1.807, 2.05) is 18.2 Å². The smallest absolute Gasteiger partial charge is 0.255 e. The number of sulfonamides is 1. The second kappa shape index (κ2) is 9.40. The maximum absolute atomic E-state index is 13.1. The van der Waals surface area contributed by atoms with Crippen molar-refractivity contribution in [2.75, 3.05) is 25.5 Å². The Morgan fingerprint density at radius 2 is 1.68 bits per heavy atom. The number of benzene rings is 2. The largest absolute Gasteiger partial charge is 0.495 e. The summed E-state index contributed by atoms with van der Waals surface area (Å²) in [6.45, 7) is 7.33. The molecule has 31 heavy (non-hydrogen) atoms. The van der Waals surface area contributed by atoms with Crippen molar-refractivity contribution in [3.8, 4) is 5.75 Å². The van der Waals surface area contributed by atoms with Crippen LogP contribution in [0, 0.1) is 0 Å². The molecule has 168 valence electrons. The quantitative estimate of drug-likeness (QED) is 0.718. The summed E-state index contributed by atoms with van der Waals surface area (Å²) >= 11 is 0. The fourth-order valence-corrected chi connectivity index (χ4v) is 5.26. The molecule has 0 unspecified atom stereocenters. The number of methoxy groups -OCH3 is 1. The van der Waals surface area contributed by atoms with Gasteiger partial charge < -0.3 is 10.1 Å². The molecule has 1 fully saturated rings. The molecule has 0 saturated carbocycles. The lowest BCUT2D eigenvalue weighted by Crippen LogP contribution is -2.32. The SMILES string of the molecule is COc1ccc(C(C)(C)C)cc1NC(=O)c1cccc(S(=O)(=O)N2CCCCCC2)c1. The number of carbonyl (C=O) groups excluding carboxylic acids is 1. The van der Waals surface area contributed by atoms with Gasteiger partial charge in [0, 0.05) is 18.7 Å². The lowest BCUT2D eigenvalue weighted by atomic mass is 9.87. The minimum absolute atomic E-state index is 0.0904. The van der Waals surface area contributed by atoms with Crippen molar-refractivity contribution in [2.45, 2.75) is 56.8 Å². The third-order valence-electron chi connectivity index (χ3n) is 5.61. The van der Waals surface area contributed by atoms with Crippen LogP contribution in [0.25, 0.3) is 0 Å². The van der Waals surface area contributed by atoms with Crippen LogP contribution in [0.15, 0.2) is 47.4 Å². The number of amides is 1. The lowest BCUT2D eigenvalue weighted by Gasteiger charge is -2.21. The number of hydrogen-bond acceptors (Lipinski definition) is 4. The molecule has 0 spiro atoms. The summed E-state index contributed by atoms with van der Waals surface area (Å²) in [6, 6.07) is 11.9. The summed E-state index contributed by atoms with van der Waals surface area (Å²) < 4.78 is 33.1. The maximum Gasteiger partial charge on any atom is 0.255 e. The second-order valence-corrected chi connectivity index (χ2v) is 10.9. The Morgan fingerprint density at radius 3 is 2.29 bits per heavy atom. The van der Waals surface area contributed by atoms with Crippen LogP contribution in [-0.2, 0) is 15.4 Å². The van der Waals surface area contributed by atoms with E-state index < -0.39 is 10.0 Å². The van der Waals surface area contributed by atoms with Gasteiger partial charge in [0.1, 0.15) is 5.75 Å². The Morgan fingerprint density at radius 1 is 1.00 bits per heavy atom. The van der Waals surface area contributed by atoms with E-state index in [0.29, 0.717) is 30.1 Å². The molecule has 1 aliphatic heterocycles. The van der Waals surface area contributed by atoms with Crippen LogP contribution in [0.5, 0.6) is 5.75 Å². The maximum atomic E-state index is 13.1. The first-order valence-electron chi connectivity index (χ1n) is 10.7. The number of nitrogens with zero attached hydrogens (tertiary/aromatic N) is 1. The zero-order chi connectivity index (χ0) is 22.6. The van der Waals surface area contributed by atoms with Crippen LogP contribution in [0.2, 0.25) is 0 Å². The number of rotatable bonds is 5. The summed E-state index contributed by atoms with van der Waals surface area (Å²) in [5.41, 5.74) is 1.81. The lowest BCUT2D eigenvalue weighted by molar-refractivity contribution is 0.102. The van der Waals surface area contributed by atoms with Gasteiger partial charge >= 0.3 is 0 Å². The molecule has 7 heteroatoms. The van der Waals surface area contributed by atoms with Gasteiger partial charge in [0.25, 0.3) is 5.91 Å². The van der Waals surface area contributed by atoms with E-state index in [0.717, 1.165) is 31.2 Å². The van der Waals surface area contributed by atoms with Crippen molar-refractivity contribution in [1.29, 1.82) is 0 Å². The number of carbonyl (C=O) groups is 1. The molecular weight excluding hydrogens is 412 g/mol. The van der Waals surface area contributed by atoms with E-state index in [1.54, 1.807) is 25.3 Å². The van der Waals surface area contributed by atoms with Gasteiger partial charge in [0.05, 0.1) is 17.7 Å².